The van der Waals surface area contributed by atoms with E-state index >= 15 is 0 Å². The SMILES string of the molecule is C=C/C=C\C=C(/N)C(=O)OC. The number of nitrogens with two attached hydrogens (primary N) is 1. The lowest BCUT2D eigenvalue weighted by Crippen LogP contribution is -2.12. The average molecular weight is 153 g/mol. The molecule has 0 aromatic carbocycles. The van der Waals surface area contributed by atoms with E-state index in [1.807, 2.05) is 0 Å². The molecule has 0 saturated carbocycles. The van der Waals surface area contributed by atoms with Crippen LogP contribution in [0.3, 0.4) is 0 Å². The monoisotopic (exact) mass is 153 g/mol. The smallest absolute Gasteiger partial charge is 0.353 e. The number of hydrogen-bond donors (Lipinski definition) is 1. The lowest BCUT2D eigenvalue weighted by Gasteiger charge is -1.94. The Hall–Kier alpha value is -1.51. The van der Waals surface area contributed by atoms with E-state index in [0.29, 0.717) is 0 Å². The van der Waals surface area contributed by atoms with Crippen LogP contribution >= 0.6 is 0 Å². The molecule has 0 amide bonds. The number of hydrogen-bond acceptors (Lipinski definition) is 3. The Morgan fingerprint density at radius 2 is 2.18 bits per heavy atom. The normalized spacial score (nSPS) is 11.5. The predicted octanol–water partition coefficient (Wildman–Crippen LogP) is 0.744. The van der Waals surface area contributed by atoms with Crippen molar-refractivity contribution >= 4 is 5.97 Å². The fraction of sp³-hybridized carbons (Fsp3) is 0.125. The molecule has 0 radical (unpaired) electrons. The maximum absolute atomic E-state index is 10.6. The Kier molecular flexibility index (Phi) is 4.56. The average Bonchev–Trinajstić information content (AvgIpc) is 2.03. The van der Waals surface area contributed by atoms with Gasteiger partial charge >= 0.3 is 5.97 Å². The van der Waals surface area contributed by atoms with Crippen molar-refractivity contribution in [3.8, 4) is 0 Å². The van der Waals surface area contributed by atoms with Crippen LogP contribution in [0.4, 0.5) is 0 Å². The number of esters is 1. The first kappa shape index (κ1) is 9.49. The van der Waals surface area contributed by atoms with Crippen LogP contribution in [0.25, 0.3) is 0 Å². The van der Waals surface area contributed by atoms with Gasteiger partial charge in [-0.3, -0.25) is 0 Å². The number of allylic oxidation sites excluding steroid dienone is 4. The van der Waals surface area contributed by atoms with Gasteiger partial charge in [-0.2, -0.15) is 0 Å². The van der Waals surface area contributed by atoms with Gasteiger partial charge in [0, 0.05) is 0 Å². The molecule has 0 spiro atoms. The minimum absolute atomic E-state index is 0.0746. The fourth-order valence-electron chi connectivity index (χ4n) is 0.424. The zero-order valence-corrected chi connectivity index (χ0v) is 6.41. The van der Waals surface area contributed by atoms with Gasteiger partial charge in [0.25, 0.3) is 0 Å². The second-order valence-corrected chi connectivity index (χ2v) is 1.73. The van der Waals surface area contributed by atoms with E-state index in [-0.39, 0.29) is 5.70 Å². The summed E-state index contributed by atoms with van der Waals surface area (Å²) in [5.41, 5.74) is 5.34. The summed E-state index contributed by atoms with van der Waals surface area (Å²) in [5.74, 6) is -0.529. The van der Waals surface area contributed by atoms with Gasteiger partial charge in [0.15, 0.2) is 0 Å². The summed E-state index contributed by atoms with van der Waals surface area (Å²) in [6, 6.07) is 0. The Morgan fingerprint density at radius 3 is 2.64 bits per heavy atom. The third-order valence-electron chi connectivity index (χ3n) is 0.944. The van der Waals surface area contributed by atoms with Crippen molar-refractivity contribution in [3.05, 3.63) is 36.6 Å². The zero-order chi connectivity index (χ0) is 8.69. The summed E-state index contributed by atoms with van der Waals surface area (Å²) in [4.78, 5) is 10.6. The number of carbonyl (C=O) groups excluding carboxylic acids is 1. The highest BCUT2D eigenvalue weighted by Gasteiger charge is 2.00. The maximum atomic E-state index is 10.6. The van der Waals surface area contributed by atoms with Crippen molar-refractivity contribution in [2.75, 3.05) is 7.11 Å². The van der Waals surface area contributed by atoms with Crippen LogP contribution in [0, 0.1) is 0 Å². The highest BCUT2D eigenvalue weighted by atomic mass is 16.5. The number of methoxy groups -OCH3 is 1. The highest BCUT2D eigenvalue weighted by molar-refractivity contribution is 5.87. The fourth-order valence-corrected chi connectivity index (χ4v) is 0.424. The molecule has 0 unspecified atom stereocenters. The van der Waals surface area contributed by atoms with Gasteiger partial charge in [0.05, 0.1) is 7.11 Å². The molecule has 0 aromatic heterocycles. The number of ether oxygens (including phenoxy) is 1. The molecule has 2 N–H and O–H groups in total. The van der Waals surface area contributed by atoms with Gasteiger partial charge in [0.2, 0.25) is 0 Å². The van der Waals surface area contributed by atoms with Crippen LogP contribution in [0.1, 0.15) is 0 Å². The van der Waals surface area contributed by atoms with E-state index in [9.17, 15) is 4.79 Å². The van der Waals surface area contributed by atoms with Gasteiger partial charge in [-0.15, -0.1) is 0 Å². The molecule has 0 bridgehead atoms. The van der Waals surface area contributed by atoms with E-state index < -0.39 is 5.97 Å². The third kappa shape index (κ3) is 3.97. The second-order valence-electron chi connectivity index (χ2n) is 1.73. The molecule has 0 heterocycles. The van der Waals surface area contributed by atoms with Crippen LogP contribution in [-0.4, -0.2) is 13.1 Å². The maximum Gasteiger partial charge on any atom is 0.353 e. The van der Waals surface area contributed by atoms with Gasteiger partial charge in [0.1, 0.15) is 5.70 Å². The molecule has 0 atom stereocenters. The highest BCUT2D eigenvalue weighted by Crippen LogP contribution is 1.88. The molecule has 0 aliphatic carbocycles. The van der Waals surface area contributed by atoms with Crippen molar-refractivity contribution in [1.82, 2.24) is 0 Å². The van der Waals surface area contributed by atoms with Crippen LogP contribution in [0.15, 0.2) is 36.6 Å². The van der Waals surface area contributed by atoms with E-state index in [1.165, 1.54) is 13.2 Å². The minimum Gasteiger partial charge on any atom is -0.464 e. The molecule has 0 rings (SSSR count). The van der Waals surface area contributed by atoms with Crippen LogP contribution in [-0.2, 0) is 9.53 Å². The summed E-state index contributed by atoms with van der Waals surface area (Å²) in [7, 11) is 1.28. The summed E-state index contributed by atoms with van der Waals surface area (Å²) >= 11 is 0. The van der Waals surface area contributed by atoms with Crippen LogP contribution in [0.5, 0.6) is 0 Å². The summed E-state index contributed by atoms with van der Waals surface area (Å²) in [6.45, 7) is 3.45. The van der Waals surface area contributed by atoms with E-state index in [0.717, 1.165) is 0 Å². The first-order valence-electron chi connectivity index (χ1n) is 3.05. The van der Waals surface area contributed by atoms with Gasteiger partial charge in [-0.05, 0) is 6.08 Å². The van der Waals surface area contributed by atoms with E-state index in [4.69, 9.17) is 5.73 Å². The summed E-state index contributed by atoms with van der Waals surface area (Å²) < 4.78 is 4.35. The van der Waals surface area contributed by atoms with Crippen LogP contribution in [0.2, 0.25) is 0 Å². The number of rotatable bonds is 3. The zero-order valence-electron chi connectivity index (χ0n) is 6.41. The quantitative estimate of drug-likeness (QED) is 0.369. The van der Waals surface area contributed by atoms with Gasteiger partial charge < -0.3 is 10.5 Å². The van der Waals surface area contributed by atoms with Gasteiger partial charge in [-0.1, -0.05) is 24.8 Å². The number of carbonyl (C=O) groups is 1. The molecule has 0 aromatic rings. The van der Waals surface area contributed by atoms with E-state index in [1.54, 1.807) is 18.2 Å². The Bertz CT molecular complexity index is 204. The first-order chi connectivity index (χ1) is 5.22. The molecule has 0 aliphatic heterocycles. The van der Waals surface area contributed by atoms with Crippen molar-refractivity contribution in [1.29, 1.82) is 0 Å². The second kappa shape index (κ2) is 5.29. The molecule has 0 fully saturated rings. The third-order valence-corrected chi connectivity index (χ3v) is 0.944. The van der Waals surface area contributed by atoms with Crippen LogP contribution < -0.4 is 5.73 Å². The van der Waals surface area contributed by atoms with Crippen molar-refractivity contribution < 1.29 is 9.53 Å². The molecule has 60 valence electrons. The predicted molar refractivity (Wildman–Crippen MR) is 43.6 cm³/mol. The van der Waals surface area contributed by atoms with Crippen molar-refractivity contribution in [2.45, 2.75) is 0 Å². The summed E-state index contributed by atoms with van der Waals surface area (Å²) in [5, 5.41) is 0. The summed E-state index contributed by atoms with van der Waals surface area (Å²) in [6.07, 6.45) is 6.31. The molecule has 3 heteroatoms. The van der Waals surface area contributed by atoms with E-state index in [2.05, 4.69) is 11.3 Å². The first-order valence-corrected chi connectivity index (χ1v) is 3.05. The molecular formula is C8H11NO2. The van der Waals surface area contributed by atoms with Crippen molar-refractivity contribution in [3.63, 3.8) is 0 Å². The topological polar surface area (TPSA) is 52.3 Å². The standard InChI is InChI=1S/C8H11NO2/c1-3-4-5-6-7(9)8(10)11-2/h3-6H,1,9H2,2H3/b5-4-,7-6-. The van der Waals surface area contributed by atoms with Crippen molar-refractivity contribution in [2.24, 2.45) is 5.73 Å². The molecular weight excluding hydrogens is 142 g/mol. The molecule has 3 nitrogen and oxygen atoms in total. The lowest BCUT2D eigenvalue weighted by atomic mass is 10.4. The Morgan fingerprint density at radius 1 is 1.55 bits per heavy atom. The minimum atomic E-state index is -0.529. The molecule has 0 saturated heterocycles. The van der Waals surface area contributed by atoms with Gasteiger partial charge in [-0.25, -0.2) is 4.79 Å². The Balaban J connectivity index is 4.10. The largest absolute Gasteiger partial charge is 0.464 e. The Labute approximate surface area is 65.8 Å². The lowest BCUT2D eigenvalue weighted by molar-refractivity contribution is -0.136. The molecule has 11 heavy (non-hydrogen) atoms. The molecule has 0 aliphatic rings.